The Labute approximate surface area is 168 Å². The molecule has 4 heterocycles. The van der Waals surface area contributed by atoms with Crippen LogP contribution in [0.2, 0.25) is 0 Å². The van der Waals surface area contributed by atoms with Crippen LogP contribution in [0.1, 0.15) is 48.2 Å². The Morgan fingerprint density at radius 2 is 1.74 bits per heavy atom. The number of thiazole rings is 1. The van der Waals surface area contributed by atoms with Gasteiger partial charge in [0.1, 0.15) is 9.88 Å². The molecule has 2 aromatic rings. The molecule has 27 heavy (non-hydrogen) atoms. The molecule has 0 saturated carbocycles. The van der Waals surface area contributed by atoms with Crippen LogP contribution >= 0.6 is 22.7 Å². The quantitative estimate of drug-likeness (QED) is 0.774. The van der Waals surface area contributed by atoms with E-state index in [4.69, 9.17) is 0 Å². The topological polar surface area (TPSA) is 53.5 Å². The van der Waals surface area contributed by atoms with E-state index in [1.807, 2.05) is 22.4 Å². The van der Waals surface area contributed by atoms with Crippen LogP contribution in [0, 0.1) is 5.92 Å². The van der Waals surface area contributed by atoms with Crippen LogP contribution in [0.3, 0.4) is 0 Å². The summed E-state index contributed by atoms with van der Waals surface area (Å²) in [6.45, 7) is 3.14. The van der Waals surface area contributed by atoms with Gasteiger partial charge in [-0.1, -0.05) is 18.9 Å². The number of hydrogen-bond acceptors (Lipinski definition) is 5. The third-order valence-electron chi connectivity index (χ3n) is 5.50. The molecule has 2 saturated heterocycles. The number of rotatable bonds is 3. The molecule has 2 fully saturated rings. The summed E-state index contributed by atoms with van der Waals surface area (Å²) in [6, 6.07) is 4.02. The Morgan fingerprint density at radius 3 is 2.41 bits per heavy atom. The van der Waals surface area contributed by atoms with E-state index in [1.165, 1.54) is 24.2 Å². The summed E-state index contributed by atoms with van der Waals surface area (Å²) in [5, 5.41) is 2.92. The summed E-state index contributed by atoms with van der Waals surface area (Å²) in [5.74, 6) is 0.438. The molecule has 0 atom stereocenters. The van der Waals surface area contributed by atoms with Crippen LogP contribution in [-0.2, 0) is 4.79 Å². The van der Waals surface area contributed by atoms with Crippen molar-refractivity contribution in [2.45, 2.75) is 38.5 Å². The van der Waals surface area contributed by atoms with Gasteiger partial charge in [0.15, 0.2) is 0 Å². The third-order valence-corrected chi connectivity index (χ3v) is 7.52. The molecule has 0 unspecified atom stereocenters. The lowest BCUT2D eigenvalue weighted by molar-refractivity contribution is -0.136. The van der Waals surface area contributed by atoms with Gasteiger partial charge in [-0.05, 0) is 37.1 Å². The predicted molar refractivity (Wildman–Crippen MR) is 109 cm³/mol. The van der Waals surface area contributed by atoms with Crippen molar-refractivity contribution >= 4 is 34.5 Å². The minimum atomic E-state index is 0.0518. The number of carbonyl (C=O) groups excluding carboxylic acids is 2. The van der Waals surface area contributed by atoms with Gasteiger partial charge < -0.3 is 9.80 Å². The van der Waals surface area contributed by atoms with Crippen molar-refractivity contribution in [1.29, 1.82) is 0 Å². The summed E-state index contributed by atoms with van der Waals surface area (Å²) in [6.07, 6.45) is 7.96. The van der Waals surface area contributed by atoms with E-state index in [-0.39, 0.29) is 11.8 Å². The molecule has 0 aliphatic carbocycles. The van der Waals surface area contributed by atoms with E-state index in [9.17, 15) is 9.59 Å². The smallest absolute Gasteiger partial charge is 0.265 e. The Hall–Kier alpha value is -1.73. The normalized spacial score (nSPS) is 19.1. The van der Waals surface area contributed by atoms with E-state index in [2.05, 4.69) is 9.88 Å². The summed E-state index contributed by atoms with van der Waals surface area (Å²) >= 11 is 3.09. The highest BCUT2D eigenvalue weighted by Gasteiger charge is 2.31. The van der Waals surface area contributed by atoms with Crippen LogP contribution in [0.25, 0.3) is 9.88 Å². The summed E-state index contributed by atoms with van der Waals surface area (Å²) in [7, 11) is 0. The van der Waals surface area contributed by atoms with Gasteiger partial charge in [0.2, 0.25) is 5.91 Å². The Morgan fingerprint density at radius 1 is 1.00 bits per heavy atom. The lowest BCUT2D eigenvalue weighted by atomic mass is 9.95. The fourth-order valence-corrected chi connectivity index (χ4v) is 5.61. The van der Waals surface area contributed by atoms with Crippen LogP contribution in [0.5, 0.6) is 0 Å². The molecule has 7 heteroatoms. The molecule has 0 bridgehead atoms. The van der Waals surface area contributed by atoms with Crippen LogP contribution < -0.4 is 0 Å². The first-order chi connectivity index (χ1) is 13.2. The zero-order valence-corrected chi connectivity index (χ0v) is 17.1. The van der Waals surface area contributed by atoms with E-state index in [0.717, 1.165) is 48.7 Å². The molecule has 5 nitrogen and oxygen atoms in total. The Bertz CT molecular complexity index is 771. The lowest BCUT2D eigenvalue weighted by Crippen LogP contribution is -2.44. The molecule has 0 radical (unpaired) electrons. The number of nitrogens with zero attached hydrogens (tertiary/aromatic N) is 3. The molecule has 2 aromatic heterocycles. The van der Waals surface area contributed by atoms with E-state index >= 15 is 0 Å². The molecule has 2 aliphatic heterocycles. The highest BCUT2D eigenvalue weighted by Crippen LogP contribution is 2.30. The van der Waals surface area contributed by atoms with Gasteiger partial charge in [-0.2, -0.15) is 0 Å². The monoisotopic (exact) mass is 403 g/mol. The van der Waals surface area contributed by atoms with Crippen molar-refractivity contribution < 1.29 is 9.59 Å². The van der Waals surface area contributed by atoms with Crippen molar-refractivity contribution in [3.63, 3.8) is 0 Å². The molecule has 2 aliphatic rings. The zero-order valence-electron chi connectivity index (χ0n) is 15.4. The molecule has 0 N–H and O–H groups in total. The third kappa shape index (κ3) is 4.24. The van der Waals surface area contributed by atoms with Gasteiger partial charge in [-0.3, -0.25) is 9.59 Å². The van der Waals surface area contributed by atoms with Crippen molar-refractivity contribution in [2.24, 2.45) is 5.92 Å². The number of amides is 2. The Balaban J connectivity index is 1.33. The van der Waals surface area contributed by atoms with E-state index < -0.39 is 0 Å². The van der Waals surface area contributed by atoms with E-state index in [0.29, 0.717) is 23.9 Å². The van der Waals surface area contributed by atoms with Gasteiger partial charge in [-0.25, -0.2) is 4.98 Å². The number of hydrogen-bond donors (Lipinski definition) is 0. The van der Waals surface area contributed by atoms with Crippen molar-refractivity contribution in [1.82, 2.24) is 14.8 Å². The first-order valence-electron chi connectivity index (χ1n) is 9.80. The first kappa shape index (κ1) is 18.6. The van der Waals surface area contributed by atoms with Gasteiger partial charge in [-0.15, -0.1) is 22.7 Å². The van der Waals surface area contributed by atoms with Crippen LogP contribution in [0.4, 0.5) is 0 Å². The van der Waals surface area contributed by atoms with Crippen molar-refractivity contribution in [3.05, 3.63) is 28.6 Å². The molecular formula is C20H25N3O2S2. The first-order valence-corrected chi connectivity index (χ1v) is 11.5. The maximum absolute atomic E-state index is 12.8. The van der Waals surface area contributed by atoms with Crippen LogP contribution in [-0.4, -0.2) is 52.8 Å². The van der Waals surface area contributed by atoms with Gasteiger partial charge >= 0.3 is 0 Å². The number of thiophene rings is 1. The number of piperidine rings is 1. The number of likely N-dealkylation sites (tertiary alicyclic amines) is 2. The molecule has 0 aromatic carbocycles. The second-order valence-corrected chi connectivity index (χ2v) is 9.29. The SMILES string of the molecule is O=C(c1cnc(-c2cccs2)s1)N1CCC(C(=O)N2CCCCCC2)CC1. The average molecular weight is 404 g/mol. The number of aromatic nitrogens is 1. The van der Waals surface area contributed by atoms with Gasteiger partial charge in [0, 0.05) is 32.1 Å². The standard InChI is InChI=1S/C20H25N3O2S2/c24-19(22-9-3-1-2-4-10-22)15-7-11-23(12-8-15)20(25)17-14-21-18(27-17)16-6-5-13-26-16/h5-6,13-15H,1-4,7-12H2. The zero-order chi connectivity index (χ0) is 18.6. The fraction of sp³-hybridized carbons (Fsp3) is 0.550. The molecular weight excluding hydrogens is 378 g/mol. The lowest BCUT2D eigenvalue weighted by Gasteiger charge is -2.33. The van der Waals surface area contributed by atoms with Gasteiger partial charge in [0.05, 0.1) is 11.1 Å². The molecule has 4 rings (SSSR count). The minimum absolute atomic E-state index is 0.0518. The van der Waals surface area contributed by atoms with Crippen molar-refractivity contribution in [3.8, 4) is 9.88 Å². The van der Waals surface area contributed by atoms with Crippen LogP contribution in [0.15, 0.2) is 23.7 Å². The highest BCUT2D eigenvalue weighted by atomic mass is 32.1. The largest absolute Gasteiger partial charge is 0.342 e. The number of carbonyl (C=O) groups is 2. The molecule has 144 valence electrons. The average Bonchev–Trinajstić information content (AvgIpc) is 3.34. The second kappa shape index (κ2) is 8.52. The predicted octanol–water partition coefficient (Wildman–Crippen LogP) is 4.13. The molecule has 2 amide bonds. The van der Waals surface area contributed by atoms with Crippen molar-refractivity contribution in [2.75, 3.05) is 26.2 Å². The highest BCUT2D eigenvalue weighted by molar-refractivity contribution is 7.21. The summed E-state index contributed by atoms with van der Waals surface area (Å²) in [5.41, 5.74) is 0. The summed E-state index contributed by atoms with van der Waals surface area (Å²) in [4.78, 5) is 35.8. The fourth-order valence-electron chi connectivity index (χ4n) is 3.92. The maximum Gasteiger partial charge on any atom is 0.265 e. The second-order valence-electron chi connectivity index (χ2n) is 7.31. The minimum Gasteiger partial charge on any atom is -0.342 e. The van der Waals surface area contributed by atoms with Gasteiger partial charge in [0.25, 0.3) is 5.91 Å². The molecule has 0 spiro atoms. The summed E-state index contributed by atoms with van der Waals surface area (Å²) < 4.78 is 0. The Kier molecular flexibility index (Phi) is 5.88. The maximum atomic E-state index is 12.8. The van der Waals surface area contributed by atoms with E-state index in [1.54, 1.807) is 17.5 Å².